The number of imide groups is 1. The van der Waals surface area contributed by atoms with Gasteiger partial charge in [-0.15, -0.1) is 0 Å². The summed E-state index contributed by atoms with van der Waals surface area (Å²) in [5.74, 6) is 0.468. The molecule has 0 unspecified atom stereocenters. The van der Waals surface area contributed by atoms with Crippen LogP contribution < -0.4 is 16.0 Å². The Kier molecular flexibility index (Phi) is 7.23. The summed E-state index contributed by atoms with van der Waals surface area (Å²) in [5.41, 5.74) is 2.44. The molecule has 1 rings (SSSR count). The largest absolute Gasteiger partial charge is 0.341 e. The molecule has 0 saturated carbocycles. The summed E-state index contributed by atoms with van der Waals surface area (Å²) in [7, 11) is 1.48. The van der Waals surface area contributed by atoms with Crippen LogP contribution in [-0.4, -0.2) is 25.0 Å². The molecule has 0 radical (unpaired) electrons. The van der Waals surface area contributed by atoms with E-state index < -0.39 is 12.1 Å². The average molecular weight is 319 g/mol. The van der Waals surface area contributed by atoms with Crippen molar-refractivity contribution in [3.63, 3.8) is 0 Å². The number of carbonyl (C=O) groups is 2. The first-order valence-electron chi connectivity index (χ1n) is 8.14. The van der Waals surface area contributed by atoms with Gasteiger partial charge in [-0.2, -0.15) is 0 Å². The first-order chi connectivity index (χ1) is 10.8. The highest BCUT2D eigenvalue weighted by Crippen LogP contribution is 2.24. The molecular weight excluding hydrogens is 290 g/mol. The quantitative estimate of drug-likeness (QED) is 0.755. The van der Waals surface area contributed by atoms with Crippen LogP contribution >= 0.6 is 0 Å². The van der Waals surface area contributed by atoms with Crippen LogP contribution in [0.1, 0.15) is 57.7 Å². The zero-order valence-electron chi connectivity index (χ0n) is 14.9. The van der Waals surface area contributed by atoms with Gasteiger partial charge in [-0.05, 0) is 29.9 Å². The Morgan fingerprint density at radius 1 is 0.913 bits per heavy atom. The maximum atomic E-state index is 12.0. The monoisotopic (exact) mass is 319 g/mol. The normalized spacial score (nSPS) is 13.7. The van der Waals surface area contributed by atoms with E-state index in [9.17, 15) is 9.59 Å². The molecule has 0 bridgehead atoms. The van der Waals surface area contributed by atoms with Gasteiger partial charge >= 0.3 is 6.03 Å². The van der Waals surface area contributed by atoms with Gasteiger partial charge in [-0.25, -0.2) is 4.79 Å². The van der Waals surface area contributed by atoms with E-state index in [1.165, 1.54) is 12.6 Å². The van der Waals surface area contributed by atoms with Crippen LogP contribution in [0, 0.1) is 5.92 Å². The lowest BCUT2D eigenvalue weighted by Crippen LogP contribution is -2.48. The fourth-order valence-electron chi connectivity index (χ4n) is 2.39. The third kappa shape index (κ3) is 5.67. The van der Waals surface area contributed by atoms with Crippen LogP contribution in [0.4, 0.5) is 4.79 Å². The number of amides is 3. The Morgan fingerprint density at radius 3 is 1.87 bits per heavy atom. The second-order valence-electron chi connectivity index (χ2n) is 6.50. The molecular formula is C18H29N3O2. The maximum Gasteiger partial charge on any atom is 0.321 e. The zero-order chi connectivity index (χ0) is 17.6. The van der Waals surface area contributed by atoms with Crippen molar-refractivity contribution in [2.75, 3.05) is 7.05 Å². The average Bonchev–Trinajstić information content (AvgIpc) is 2.51. The molecule has 0 aliphatic rings. The van der Waals surface area contributed by atoms with Crippen LogP contribution in [0.15, 0.2) is 24.3 Å². The number of nitrogens with one attached hydrogen (secondary N) is 3. The second kappa shape index (κ2) is 8.67. The molecule has 128 valence electrons. The van der Waals surface area contributed by atoms with Crippen molar-refractivity contribution in [2.24, 2.45) is 5.92 Å². The van der Waals surface area contributed by atoms with E-state index in [-0.39, 0.29) is 11.9 Å². The summed E-state index contributed by atoms with van der Waals surface area (Å²) in [6, 6.07) is 7.56. The van der Waals surface area contributed by atoms with E-state index in [2.05, 4.69) is 67.9 Å². The number of urea groups is 1. The van der Waals surface area contributed by atoms with Crippen LogP contribution in [0.3, 0.4) is 0 Å². The lowest BCUT2D eigenvalue weighted by molar-refractivity contribution is -0.121. The van der Waals surface area contributed by atoms with Crippen LogP contribution in [0.25, 0.3) is 0 Å². The van der Waals surface area contributed by atoms with Gasteiger partial charge in [0.05, 0.1) is 6.04 Å². The third-order valence-electron chi connectivity index (χ3n) is 3.92. The van der Waals surface area contributed by atoms with Crippen molar-refractivity contribution < 1.29 is 9.59 Å². The second-order valence-corrected chi connectivity index (χ2v) is 6.50. The van der Waals surface area contributed by atoms with Crippen molar-refractivity contribution >= 4 is 11.9 Å². The van der Waals surface area contributed by atoms with Gasteiger partial charge in [-0.1, -0.05) is 52.0 Å². The van der Waals surface area contributed by atoms with Gasteiger partial charge in [0.25, 0.3) is 0 Å². The standard InChI is InChI=1S/C18H29N3O2/c1-11(2)14-7-9-15(10-8-14)16(12(3)4)20-13(5)17(22)21-18(23)19-6/h7-13,16,20H,1-6H3,(H2,19,21,22,23)/t13-,16+/m1/s1. The Hall–Kier alpha value is -1.88. The van der Waals surface area contributed by atoms with Gasteiger partial charge < -0.3 is 5.32 Å². The molecule has 1 aromatic carbocycles. The Morgan fingerprint density at radius 2 is 1.43 bits per heavy atom. The van der Waals surface area contributed by atoms with Crippen molar-refractivity contribution in [1.29, 1.82) is 0 Å². The minimum absolute atomic E-state index is 0.0432. The summed E-state index contributed by atoms with van der Waals surface area (Å²) in [6.45, 7) is 10.3. The summed E-state index contributed by atoms with van der Waals surface area (Å²) < 4.78 is 0. The highest BCUT2D eigenvalue weighted by Gasteiger charge is 2.22. The third-order valence-corrected chi connectivity index (χ3v) is 3.92. The maximum absolute atomic E-state index is 12.0. The minimum Gasteiger partial charge on any atom is -0.341 e. The van der Waals surface area contributed by atoms with Crippen molar-refractivity contribution in [3.05, 3.63) is 35.4 Å². The van der Waals surface area contributed by atoms with Gasteiger partial charge in [0, 0.05) is 13.1 Å². The minimum atomic E-state index is -0.494. The molecule has 0 fully saturated rings. The molecule has 0 spiro atoms. The lowest BCUT2D eigenvalue weighted by Gasteiger charge is -2.26. The van der Waals surface area contributed by atoms with E-state index in [0.717, 1.165) is 5.56 Å². The summed E-state index contributed by atoms with van der Waals surface area (Å²) in [5, 5.41) is 7.99. The van der Waals surface area contributed by atoms with E-state index in [0.29, 0.717) is 11.8 Å². The molecule has 23 heavy (non-hydrogen) atoms. The number of hydrogen-bond donors (Lipinski definition) is 3. The Labute approximate surface area is 139 Å². The van der Waals surface area contributed by atoms with Crippen LogP contribution in [0.5, 0.6) is 0 Å². The van der Waals surface area contributed by atoms with Gasteiger partial charge in [0.1, 0.15) is 0 Å². The fourth-order valence-corrected chi connectivity index (χ4v) is 2.39. The highest BCUT2D eigenvalue weighted by atomic mass is 16.2. The molecule has 0 aromatic heterocycles. The first kappa shape index (κ1) is 19.2. The molecule has 2 atom stereocenters. The summed E-state index contributed by atoms with van der Waals surface area (Å²) in [4.78, 5) is 23.3. The van der Waals surface area contributed by atoms with Gasteiger partial charge in [0.15, 0.2) is 0 Å². The van der Waals surface area contributed by atoms with Gasteiger partial charge in [-0.3, -0.25) is 15.4 Å². The molecule has 3 amide bonds. The first-order valence-corrected chi connectivity index (χ1v) is 8.14. The molecule has 0 saturated heterocycles. The van der Waals surface area contributed by atoms with Crippen LogP contribution in [0.2, 0.25) is 0 Å². The van der Waals surface area contributed by atoms with Crippen molar-refractivity contribution in [1.82, 2.24) is 16.0 Å². The SMILES string of the molecule is CNC(=O)NC(=O)[C@@H](C)N[C@H](c1ccc(C(C)C)cc1)C(C)C. The topological polar surface area (TPSA) is 70.2 Å². The summed E-state index contributed by atoms with van der Waals surface area (Å²) >= 11 is 0. The van der Waals surface area contributed by atoms with E-state index in [1.54, 1.807) is 6.92 Å². The number of hydrogen-bond acceptors (Lipinski definition) is 3. The van der Waals surface area contributed by atoms with Crippen molar-refractivity contribution in [3.8, 4) is 0 Å². The molecule has 0 aliphatic heterocycles. The van der Waals surface area contributed by atoms with E-state index in [4.69, 9.17) is 0 Å². The predicted octanol–water partition coefficient (Wildman–Crippen LogP) is 2.94. The lowest BCUT2D eigenvalue weighted by atomic mass is 9.93. The number of benzene rings is 1. The molecule has 0 aliphatic carbocycles. The number of carbonyl (C=O) groups excluding carboxylic acids is 2. The summed E-state index contributed by atoms with van der Waals surface area (Å²) in [6.07, 6.45) is 0. The zero-order valence-corrected chi connectivity index (χ0v) is 14.9. The Balaban J connectivity index is 2.82. The Bertz CT molecular complexity index is 524. The van der Waals surface area contributed by atoms with E-state index in [1.807, 2.05) is 0 Å². The number of rotatable bonds is 6. The molecule has 0 heterocycles. The van der Waals surface area contributed by atoms with Crippen LogP contribution in [-0.2, 0) is 4.79 Å². The molecule has 5 heteroatoms. The molecule has 3 N–H and O–H groups in total. The van der Waals surface area contributed by atoms with Gasteiger partial charge in [0.2, 0.25) is 5.91 Å². The smallest absolute Gasteiger partial charge is 0.321 e. The highest BCUT2D eigenvalue weighted by molar-refractivity contribution is 5.96. The fraction of sp³-hybridized carbons (Fsp3) is 0.556. The van der Waals surface area contributed by atoms with Crippen molar-refractivity contribution in [2.45, 2.75) is 52.6 Å². The molecule has 5 nitrogen and oxygen atoms in total. The molecule has 1 aromatic rings. The predicted molar refractivity (Wildman–Crippen MR) is 93.3 cm³/mol. The van der Waals surface area contributed by atoms with E-state index >= 15 is 0 Å².